The lowest BCUT2D eigenvalue weighted by atomic mass is 9.82. The first-order valence-corrected chi connectivity index (χ1v) is 10.4. The summed E-state index contributed by atoms with van der Waals surface area (Å²) < 4.78 is 32.4. The number of nitrogens with zero attached hydrogens (tertiary/aromatic N) is 1. The van der Waals surface area contributed by atoms with Gasteiger partial charge in [0, 0.05) is 18.9 Å². The number of rotatable bonds is 9. The maximum absolute atomic E-state index is 13.8. The smallest absolute Gasteiger partial charge is 0.303 e. The number of carbonyl (C=O) groups is 3. The molecule has 0 aliphatic heterocycles. The van der Waals surface area contributed by atoms with E-state index in [1.54, 1.807) is 0 Å². The maximum atomic E-state index is 13.8. The Hall–Kier alpha value is -3.36. The van der Waals surface area contributed by atoms with Crippen LogP contribution in [0.5, 0.6) is 11.6 Å². The Labute approximate surface area is 183 Å². The highest BCUT2D eigenvalue weighted by molar-refractivity contribution is 5.98. The van der Waals surface area contributed by atoms with E-state index in [4.69, 9.17) is 9.84 Å². The third-order valence-corrected chi connectivity index (χ3v) is 5.40. The monoisotopic (exact) mass is 446 g/mol. The quantitative estimate of drug-likeness (QED) is 0.558. The topological polar surface area (TPSA) is 106 Å². The summed E-state index contributed by atoms with van der Waals surface area (Å²) in [6, 6.07) is 6.23. The van der Waals surface area contributed by atoms with Crippen molar-refractivity contribution in [2.75, 3.05) is 0 Å². The summed E-state index contributed by atoms with van der Waals surface area (Å²) in [4.78, 5) is 39.1. The van der Waals surface area contributed by atoms with Gasteiger partial charge in [-0.1, -0.05) is 0 Å². The fourth-order valence-electron chi connectivity index (χ4n) is 3.73. The van der Waals surface area contributed by atoms with Crippen LogP contribution in [0.2, 0.25) is 0 Å². The van der Waals surface area contributed by atoms with E-state index in [1.807, 2.05) is 0 Å². The first-order valence-electron chi connectivity index (χ1n) is 10.4. The number of aliphatic carboxylic acids is 1. The number of hydrogen-bond acceptors (Lipinski definition) is 5. The minimum absolute atomic E-state index is 0.0263. The Balaban J connectivity index is 1.56. The fourth-order valence-corrected chi connectivity index (χ4v) is 3.73. The van der Waals surface area contributed by atoms with Gasteiger partial charge in [0.2, 0.25) is 11.8 Å². The number of benzene rings is 1. The molecule has 1 aromatic carbocycles. The zero-order valence-corrected chi connectivity index (χ0v) is 17.4. The van der Waals surface area contributed by atoms with Crippen molar-refractivity contribution in [2.45, 2.75) is 51.0 Å². The number of hydrogen-bond donors (Lipinski definition) is 2. The van der Waals surface area contributed by atoms with Crippen molar-refractivity contribution in [3.05, 3.63) is 53.7 Å². The Kier molecular flexibility index (Phi) is 7.86. The van der Waals surface area contributed by atoms with Gasteiger partial charge in [-0.25, -0.2) is 13.8 Å². The van der Waals surface area contributed by atoms with Crippen molar-refractivity contribution < 1.29 is 33.0 Å². The summed E-state index contributed by atoms with van der Waals surface area (Å²) in [5.74, 6) is -2.40. The van der Waals surface area contributed by atoms with E-state index in [0.29, 0.717) is 25.7 Å². The molecule has 1 heterocycles. The van der Waals surface area contributed by atoms with Crippen LogP contribution in [0.3, 0.4) is 0 Å². The number of aromatic nitrogens is 1. The molecule has 9 heteroatoms. The van der Waals surface area contributed by atoms with Crippen LogP contribution in [-0.2, 0) is 9.59 Å². The molecule has 2 N–H and O–H groups in total. The molecule has 1 fully saturated rings. The average Bonchev–Trinajstić information content (AvgIpc) is 2.76. The van der Waals surface area contributed by atoms with Crippen molar-refractivity contribution >= 4 is 17.7 Å². The lowest BCUT2D eigenvalue weighted by Gasteiger charge is -2.28. The Bertz CT molecular complexity index is 973. The van der Waals surface area contributed by atoms with Crippen LogP contribution in [0.15, 0.2) is 36.5 Å². The van der Waals surface area contributed by atoms with E-state index in [1.165, 1.54) is 24.3 Å². The predicted molar refractivity (Wildman–Crippen MR) is 110 cm³/mol. The lowest BCUT2D eigenvalue weighted by molar-refractivity contribution is -0.139. The Morgan fingerprint density at radius 2 is 1.72 bits per heavy atom. The summed E-state index contributed by atoms with van der Waals surface area (Å²) in [5.41, 5.74) is 0.0263. The zero-order valence-electron chi connectivity index (χ0n) is 17.4. The lowest BCUT2D eigenvalue weighted by Crippen LogP contribution is -2.38. The molecule has 1 saturated carbocycles. The second kappa shape index (κ2) is 10.8. The van der Waals surface area contributed by atoms with Crippen molar-refractivity contribution in [2.24, 2.45) is 5.92 Å². The third-order valence-electron chi connectivity index (χ3n) is 5.40. The van der Waals surface area contributed by atoms with Crippen molar-refractivity contribution in [3.8, 4) is 11.6 Å². The van der Waals surface area contributed by atoms with Gasteiger partial charge in [-0.15, -0.1) is 0 Å². The van der Waals surface area contributed by atoms with E-state index >= 15 is 0 Å². The molecule has 2 aromatic rings. The minimum Gasteiger partial charge on any atom is -0.481 e. The molecule has 0 radical (unpaired) electrons. The van der Waals surface area contributed by atoms with Crippen LogP contribution in [0.4, 0.5) is 8.78 Å². The summed E-state index contributed by atoms with van der Waals surface area (Å²) in [7, 11) is 0. The fraction of sp³-hybridized carbons (Fsp3) is 0.391. The van der Waals surface area contributed by atoms with Crippen molar-refractivity contribution in [1.82, 2.24) is 10.3 Å². The average molecular weight is 446 g/mol. The highest BCUT2D eigenvalue weighted by atomic mass is 19.1. The molecule has 0 spiro atoms. The first-order chi connectivity index (χ1) is 15.3. The molecule has 1 aromatic heterocycles. The highest BCUT2D eigenvalue weighted by Crippen LogP contribution is 2.31. The molecule has 3 rings (SSSR count). The van der Waals surface area contributed by atoms with Gasteiger partial charge < -0.3 is 15.2 Å². The molecule has 7 nitrogen and oxygen atoms in total. The third kappa shape index (κ3) is 6.83. The number of ketones is 1. The molecule has 0 unspecified atom stereocenters. The molecule has 0 saturated heterocycles. The van der Waals surface area contributed by atoms with Gasteiger partial charge >= 0.3 is 5.97 Å². The van der Waals surface area contributed by atoms with Gasteiger partial charge in [-0.05, 0) is 61.9 Å². The second-order valence-electron chi connectivity index (χ2n) is 7.87. The number of ether oxygens (including phenoxy) is 1. The number of carboxylic acid groups (broad SMARTS) is 1. The van der Waals surface area contributed by atoms with Crippen LogP contribution in [0.1, 0.15) is 55.3 Å². The Morgan fingerprint density at radius 3 is 2.38 bits per heavy atom. The van der Waals surface area contributed by atoms with E-state index in [9.17, 15) is 23.2 Å². The number of pyridine rings is 1. The van der Waals surface area contributed by atoms with Crippen LogP contribution < -0.4 is 10.1 Å². The Morgan fingerprint density at radius 1 is 1.03 bits per heavy atom. The molecule has 0 bridgehead atoms. The van der Waals surface area contributed by atoms with Gasteiger partial charge in [0.25, 0.3) is 0 Å². The van der Waals surface area contributed by atoms with Gasteiger partial charge in [-0.2, -0.15) is 0 Å². The van der Waals surface area contributed by atoms with E-state index in [-0.39, 0.29) is 60.1 Å². The summed E-state index contributed by atoms with van der Waals surface area (Å²) in [5, 5.41) is 11.5. The van der Waals surface area contributed by atoms with E-state index in [2.05, 4.69) is 10.3 Å². The summed E-state index contributed by atoms with van der Waals surface area (Å²) in [6.45, 7) is 0. The number of carbonyl (C=O) groups excluding carboxylic acids is 2. The minimum atomic E-state index is -1.02. The van der Waals surface area contributed by atoms with Crippen LogP contribution in [0.25, 0.3) is 0 Å². The maximum Gasteiger partial charge on any atom is 0.303 e. The van der Waals surface area contributed by atoms with Crippen molar-refractivity contribution in [1.29, 1.82) is 0 Å². The second-order valence-corrected chi connectivity index (χ2v) is 7.87. The molecule has 0 atom stereocenters. The molecule has 170 valence electrons. The standard InChI is InChI=1S/C23H24F2N2O5/c24-15-3-7-18(8-4-15)32-23-19(12-16(25)13-26-23)20(28)11-14-1-5-17(6-2-14)27-21(29)9-10-22(30)31/h3-4,7-8,12-14,17H,1-2,5-6,9-11H2,(H,27,29)(H,30,31)/t14-,17+. The van der Waals surface area contributed by atoms with Crippen LogP contribution in [0, 0.1) is 17.6 Å². The number of amides is 1. The number of nitrogens with one attached hydrogen (secondary N) is 1. The van der Waals surface area contributed by atoms with Crippen molar-refractivity contribution in [3.63, 3.8) is 0 Å². The first kappa shape index (κ1) is 23.3. The summed E-state index contributed by atoms with van der Waals surface area (Å²) in [6.07, 6.45) is 3.63. The number of Topliss-reactive ketones (excluding diaryl/α,β-unsaturated/α-hetero) is 1. The van der Waals surface area contributed by atoms with E-state index in [0.717, 1.165) is 12.3 Å². The highest BCUT2D eigenvalue weighted by Gasteiger charge is 2.26. The van der Waals surface area contributed by atoms with Crippen LogP contribution in [-0.4, -0.2) is 33.8 Å². The molecule has 1 amide bonds. The molecule has 1 aliphatic rings. The predicted octanol–water partition coefficient (Wildman–Crippen LogP) is 4.26. The van der Waals surface area contributed by atoms with E-state index < -0.39 is 17.6 Å². The van der Waals surface area contributed by atoms with Gasteiger partial charge in [0.1, 0.15) is 17.4 Å². The molecule has 32 heavy (non-hydrogen) atoms. The summed E-state index contributed by atoms with van der Waals surface area (Å²) >= 11 is 0. The van der Waals surface area contributed by atoms with Gasteiger partial charge in [0.05, 0.1) is 18.2 Å². The van der Waals surface area contributed by atoms with Crippen LogP contribution >= 0.6 is 0 Å². The molecular weight excluding hydrogens is 422 g/mol. The SMILES string of the molecule is O=C(O)CCC(=O)N[C@H]1CC[C@@H](CC(=O)c2cc(F)cnc2Oc2ccc(F)cc2)CC1. The van der Waals surface area contributed by atoms with Gasteiger partial charge in [-0.3, -0.25) is 14.4 Å². The zero-order chi connectivity index (χ0) is 23.1. The normalized spacial score (nSPS) is 18.1. The number of halogens is 2. The largest absolute Gasteiger partial charge is 0.481 e. The molecule has 1 aliphatic carbocycles. The van der Waals surface area contributed by atoms with Gasteiger partial charge in [0.15, 0.2) is 5.78 Å². The number of carboxylic acids is 1. The molecular formula is C23H24F2N2O5.